The number of hydrogen-bond acceptors (Lipinski definition) is 6. The van der Waals surface area contributed by atoms with Crippen molar-refractivity contribution in [2.75, 3.05) is 31.2 Å². The number of carbonyl (C=O) groups is 1. The van der Waals surface area contributed by atoms with Crippen LogP contribution in [0.5, 0.6) is 17.2 Å². The number of anilines is 1. The topological polar surface area (TPSA) is 94.2 Å². The summed E-state index contributed by atoms with van der Waals surface area (Å²) in [7, 11) is -2.61. The molecule has 1 aliphatic rings. The standard InChI is InChI=1S/C26H27ClN2O6S/c1-17-4-8-21(9-5-17)36(31,32)29(20-7-11-23(33-3)22(27)15-20)16-26(30)28-18(2)19-6-10-24-25(14-19)35-13-12-34-24/h4-11,14-15,18H,12-13,16H2,1-3H3,(H,28,30)/t18-/m0/s1. The van der Waals surface area contributed by atoms with E-state index < -0.39 is 28.5 Å². The predicted molar refractivity (Wildman–Crippen MR) is 138 cm³/mol. The molecule has 0 saturated heterocycles. The van der Waals surface area contributed by atoms with Crippen LogP contribution >= 0.6 is 11.6 Å². The number of fused-ring (bicyclic) bond motifs is 1. The Kier molecular flexibility index (Phi) is 7.61. The molecule has 0 aromatic heterocycles. The Bertz CT molecular complexity index is 1360. The Morgan fingerprint density at radius 2 is 1.75 bits per heavy atom. The van der Waals surface area contributed by atoms with Crippen LogP contribution in [0.1, 0.15) is 24.1 Å². The number of halogens is 1. The molecule has 3 aromatic carbocycles. The van der Waals surface area contributed by atoms with Gasteiger partial charge in [-0.1, -0.05) is 35.4 Å². The van der Waals surface area contributed by atoms with Gasteiger partial charge in [0.1, 0.15) is 25.5 Å². The zero-order valence-corrected chi connectivity index (χ0v) is 21.7. The second-order valence-electron chi connectivity index (χ2n) is 8.34. The highest BCUT2D eigenvalue weighted by Gasteiger charge is 2.28. The van der Waals surface area contributed by atoms with Gasteiger partial charge in [0, 0.05) is 0 Å². The fourth-order valence-electron chi connectivity index (χ4n) is 3.79. The largest absolute Gasteiger partial charge is 0.495 e. The van der Waals surface area contributed by atoms with E-state index in [1.807, 2.05) is 26.0 Å². The Morgan fingerprint density at radius 3 is 2.42 bits per heavy atom. The summed E-state index contributed by atoms with van der Waals surface area (Å²) in [5.74, 6) is 1.16. The fraction of sp³-hybridized carbons (Fsp3) is 0.269. The monoisotopic (exact) mass is 530 g/mol. The number of aryl methyl sites for hydroxylation is 1. The van der Waals surface area contributed by atoms with E-state index in [9.17, 15) is 13.2 Å². The van der Waals surface area contributed by atoms with Crippen molar-refractivity contribution in [3.63, 3.8) is 0 Å². The summed E-state index contributed by atoms with van der Waals surface area (Å²) in [5, 5.41) is 3.10. The Hall–Kier alpha value is -3.43. The highest BCUT2D eigenvalue weighted by atomic mass is 35.5. The maximum Gasteiger partial charge on any atom is 0.264 e. The molecule has 10 heteroatoms. The molecular formula is C26H27ClN2O6S. The van der Waals surface area contributed by atoms with Gasteiger partial charge in [0.15, 0.2) is 11.5 Å². The fourth-order valence-corrected chi connectivity index (χ4v) is 5.46. The summed E-state index contributed by atoms with van der Waals surface area (Å²) in [5.41, 5.74) is 1.95. The number of carbonyl (C=O) groups excluding carboxylic acids is 1. The minimum atomic E-state index is -4.08. The summed E-state index contributed by atoms with van der Waals surface area (Å²) >= 11 is 6.28. The number of nitrogens with one attached hydrogen (secondary N) is 1. The predicted octanol–water partition coefficient (Wildman–Crippen LogP) is 4.50. The molecule has 0 saturated carbocycles. The third kappa shape index (κ3) is 5.52. The van der Waals surface area contributed by atoms with Crippen LogP contribution < -0.4 is 23.8 Å². The van der Waals surface area contributed by atoms with E-state index in [1.165, 1.54) is 25.3 Å². The van der Waals surface area contributed by atoms with Gasteiger partial charge in [-0.15, -0.1) is 0 Å². The Morgan fingerprint density at radius 1 is 1.06 bits per heavy atom. The number of amides is 1. The lowest BCUT2D eigenvalue weighted by atomic mass is 10.1. The quantitative estimate of drug-likeness (QED) is 0.461. The molecule has 8 nitrogen and oxygen atoms in total. The first-order valence-electron chi connectivity index (χ1n) is 11.3. The van der Waals surface area contributed by atoms with E-state index >= 15 is 0 Å². The van der Waals surface area contributed by atoms with Crippen molar-refractivity contribution in [1.29, 1.82) is 0 Å². The second-order valence-corrected chi connectivity index (χ2v) is 10.6. The van der Waals surface area contributed by atoms with Crippen LogP contribution in [0.25, 0.3) is 0 Å². The number of methoxy groups -OCH3 is 1. The molecule has 0 spiro atoms. The normalized spacial score (nSPS) is 13.6. The van der Waals surface area contributed by atoms with Gasteiger partial charge in [0.2, 0.25) is 5.91 Å². The highest BCUT2D eigenvalue weighted by molar-refractivity contribution is 7.92. The molecule has 190 valence electrons. The second kappa shape index (κ2) is 10.7. The van der Waals surface area contributed by atoms with E-state index in [0.717, 1.165) is 15.4 Å². The summed E-state index contributed by atoms with van der Waals surface area (Å²) in [4.78, 5) is 13.2. The van der Waals surface area contributed by atoms with Gasteiger partial charge in [0.05, 0.1) is 28.8 Å². The van der Waals surface area contributed by atoms with Crippen molar-refractivity contribution in [2.24, 2.45) is 0 Å². The average molecular weight is 531 g/mol. The molecule has 0 fully saturated rings. The van der Waals surface area contributed by atoms with Crippen molar-refractivity contribution >= 4 is 33.2 Å². The highest BCUT2D eigenvalue weighted by Crippen LogP contribution is 2.34. The van der Waals surface area contributed by atoms with Crippen molar-refractivity contribution in [1.82, 2.24) is 5.32 Å². The van der Waals surface area contributed by atoms with Gasteiger partial charge in [-0.3, -0.25) is 9.10 Å². The lowest BCUT2D eigenvalue weighted by Gasteiger charge is -2.26. The Labute approximate surface area is 215 Å². The van der Waals surface area contributed by atoms with E-state index in [4.69, 9.17) is 25.8 Å². The molecule has 1 aliphatic heterocycles. The van der Waals surface area contributed by atoms with E-state index in [2.05, 4.69) is 5.32 Å². The molecule has 1 heterocycles. The number of hydrogen-bond donors (Lipinski definition) is 1. The lowest BCUT2D eigenvalue weighted by molar-refractivity contribution is -0.120. The molecule has 1 amide bonds. The third-order valence-electron chi connectivity index (χ3n) is 5.76. The SMILES string of the molecule is COc1ccc(N(CC(=O)N[C@@H](C)c2ccc3c(c2)OCCO3)S(=O)(=O)c2ccc(C)cc2)cc1Cl. The van der Waals surface area contributed by atoms with Gasteiger partial charge >= 0.3 is 0 Å². The minimum Gasteiger partial charge on any atom is -0.495 e. The zero-order chi connectivity index (χ0) is 25.9. The van der Waals surface area contributed by atoms with Gasteiger partial charge < -0.3 is 19.5 Å². The van der Waals surface area contributed by atoms with Gasteiger partial charge in [0.25, 0.3) is 10.0 Å². The molecule has 0 aliphatic carbocycles. The van der Waals surface area contributed by atoms with Crippen molar-refractivity contribution in [3.05, 3.63) is 76.8 Å². The first kappa shape index (κ1) is 25.7. The number of ether oxygens (including phenoxy) is 3. The molecule has 3 aromatic rings. The molecule has 0 radical (unpaired) electrons. The van der Waals surface area contributed by atoms with Crippen LogP contribution in [-0.2, 0) is 14.8 Å². The van der Waals surface area contributed by atoms with Crippen LogP contribution in [0.3, 0.4) is 0 Å². The average Bonchev–Trinajstić information content (AvgIpc) is 2.87. The number of benzene rings is 3. The van der Waals surface area contributed by atoms with Gasteiger partial charge in [-0.25, -0.2) is 8.42 Å². The maximum atomic E-state index is 13.6. The molecule has 0 unspecified atom stereocenters. The maximum absolute atomic E-state index is 13.6. The van der Waals surface area contributed by atoms with Gasteiger partial charge in [-0.2, -0.15) is 0 Å². The summed E-state index contributed by atoms with van der Waals surface area (Å²) < 4.78 is 44.6. The van der Waals surface area contributed by atoms with Crippen LogP contribution in [0.4, 0.5) is 5.69 Å². The third-order valence-corrected chi connectivity index (χ3v) is 7.85. The molecule has 1 atom stereocenters. The van der Waals surface area contributed by atoms with Crippen LogP contribution in [0, 0.1) is 6.92 Å². The number of sulfonamides is 1. The lowest BCUT2D eigenvalue weighted by Crippen LogP contribution is -2.41. The number of nitrogens with zero attached hydrogens (tertiary/aromatic N) is 1. The van der Waals surface area contributed by atoms with Crippen LogP contribution in [0.15, 0.2) is 65.6 Å². The summed E-state index contributed by atoms with van der Waals surface area (Å²) in [6.45, 7) is 4.16. The molecule has 1 N–H and O–H groups in total. The van der Waals surface area contributed by atoms with Crippen LogP contribution in [0.2, 0.25) is 5.02 Å². The molecular weight excluding hydrogens is 504 g/mol. The number of rotatable bonds is 8. The summed E-state index contributed by atoms with van der Waals surface area (Å²) in [6, 6.07) is 16.0. The van der Waals surface area contributed by atoms with Crippen molar-refractivity contribution in [2.45, 2.75) is 24.8 Å². The zero-order valence-electron chi connectivity index (χ0n) is 20.2. The van der Waals surface area contributed by atoms with Gasteiger partial charge in [-0.05, 0) is 61.9 Å². The summed E-state index contributed by atoms with van der Waals surface area (Å²) in [6.07, 6.45) is 0. The first-order chi connectivity index (χ1) is 17.2. The van der Waals surface area contributed by atoms with E-state index in [1.54, 1.807) is 30.3 Å². The van der Waals surface area contributed by atoms with Crippen molar-refractivity contribution in [3.8, 4) is 17.2 Å². The van der Waals surface area contributed by atoms with Crippen LogP contribution in [-0.4, -0.2) is 41.2 Å². The smallest absolute Gasteiger partial charge is 0.264 e. The Balaban J connectivity index is 1.60. The molecule has 4 rings (SSSR count). The van der Waals surface area contributed by atoms with Crippen molar-refractivity contribution < 1.29 is 27.4 Å². The molecule has 0 bridgehead atoms. The molecule has 36 heavy (non-hydrogen) atoms. The first-order valence-corrected chi connectivity index (χ1v) is 13.1. The minimum absolute atomic E-state index is 0.0627. The van der Waals surface area contributed by atoms with E-state index in [-0.39, 0.29) is 15.6 Å². The van der Waals surface area contributed by atoms with E-state index in [0.29, 0.717) is 30.5 Å².